The monoisotopic (exact) mass is 431 g/mol. The van der Waals surface area contributed by atoms with Gasteiger partial charge >= 0.3 is 0 Å². The molecule has 0 atom stereocenters. The molecular weight excluding hydrogens is 402 g/mol. The smallest absolute Gasteiger partial charge is 0.276 e. The zero-order valence-electron chi connectivity index (χ0n) is 17.8. The number of aryl methyl sites for hydroxylation is 3. The third-order valence-electron chi connectivity index (χ3n) is 6.16. The number of benzene rings is 1. The van der Waals surface area contributed by atoms with E-state index in [0.717, 1.165) is 37.1 Å². The lowest BCUT2D eigenvalue weighted by atomic mass is 9.98. The van der Waals surface area contributed by atoms with Gasteiger partial charge < -0.3 is 9.32 Å². The number of carbonyl (C=O) groups excluding carboxylic acids is 1. The molecule has 0 spiro atoms. The molecule has 0 aliphatic carbocycles. The first kappa shape index (κ1) is 21.1. The lowest BCUT2D eigenvalue weighted by Crippen LogP contribution is -2.38. The third kappa shape index (κ3) is 3.90. The number of carbonyl (C=O) groups is 1. The minimum absolute atomic E-state index is 0.0226. The summed E-state index contributed by atoms with van der Waals surface area (Å²) in [7, 11) is -3.52. The van der Waals surface area contributed by atoms with Crippen LogP contribution in [-0.2, 0) is 10.0 Å². The molecule has 30 heavy (non-hydrogen) atoms. The Balaban J connectivity index is 1.46. The fourth-order valence-corrected chi connectivity index (χ4v) is 6.11. The van der Waals surface area contributed by atoms with Crippen LogP contribution in [0.1, 0.15) is 64.9 Å². The van der Waals surface area contributed by atoms with Crippen molar-refractivity contribution in [2.24, 2.45) is 0 Å². The van der Waals surface area contributed by atoms with Crippen molar-refractivity contribution in [3.05, 3.63) is 46.7 Å². The minimum Gasteiger partial charge on any atom is -0.445 e. The molecule has 2 fully saturated rings. The zero-order chi connectivity index (χ0) is 21.5. The van der Waals surface area contributed by atoms with Crippen LogP contribution in [0.25, 0.3) is 0 Å². The average molecular weight is 432 g/mol. The Labute approximate surface area is 178 Å². The van der Waals surface area contributed by atoms with Crippen molar-refractivity contribution in [3.63, 3.8) is 0 Å². The Morgan fingerprint density at radius 1 is 1.07 bits per heavy atom. The molecule has 2 saturated heterocycles. The van der Waals surface area contributed by atoms with Gasteiger partial charge in [0.2, 0.25) is 10.0 Å². The van der Waals surface area contributed by atoms with Gasteiger partial charge in [-0.2, -0.15) is 4.31 Å². The number of nitrogens with zero attached hydrogens (tertiary/aromatic N) is 3. The normalized spacial score (nSPS) is 18.8. The average Bonchev–Trinajstić information content (AvgIpc) is 3.37. The Morgan fingerprint density at radius 2 is 1.73 bits per heavy atom. The van der Waals surface area contributed by atoms with Crippen molar-refractivity contribution in [2.45, 2.75) is 57.3 Å². The van der Waals surface area contributed by atoms with Crippen molar-refractivity contribution < 1.29 is 17.6 Å². The van der Waals surface area contributed by atoms with Gasteiger partial charge in [-0.3, -0.25) is 4.79 Å². The molecule has 0 N–H and O–H groups in total. The van der Waals surface area contributed by atoms with E-state index in [-0.39, 0.29) is 11.8 Å². The Morgan fingerprint density at radius 3 is 2.37 bits per heavy atom. The summed E-state index contributed by atoms with van der Waals surface area (Å²) in [6, 6.07) is 5.43. The standard InChI is InChI=1S/C22H29N3O4S/c1-15-6-7-19(16(2)14-15)30(27,28)25-12-8-18(9-13-25)21-23-20(17(3)29-21)22(26)24-10-4-5-11-24/h6-7,14,18H,4-5,8-13H2,1-3H3. The Hall–Kier alpha value is -2.19. The summed E-state index contributed by atoms with van der Waals surface area (Å²) in [4.78, 5) is 19.4. The van der Waals surface area contributed by atoms with Crippen molar-refractivity contribution >= 4 is 15.9 Å². The van der Waals surface area contributed by atoms with Crippen LogP contribution in [0.15, 0.2) is 27.5 Å². The first-order chi connectivity index (χ1) is 14.3. The van der Waals surface area contributed by atoms with Crippen LogP contribution >= 0.6 is 0 Å². The lowest BCUT2D eigenvalue weighted by Gasteiger charge is -2.30. The number of oxazole rings is 1. The minimum atomic E-state index is -3.52. The molecular formula is C22H29N3O4S. The maximum Gasteiger partial charge on any atom is 0.276 e. The van der Waals surface area contributed by atoms with E-state index in [4.69, 9.17) is 4.42 Å². The topological polar surface area (TPSA) is 83.7 Å². The largest absolute Gasteiger partial charge is 0.445 e. The summed E-state index contributed by atoms with van der Waals surface area (Å²) in [6.45, 7) is 7.94. The summed E-state index contributed by atoms with van der Waals surface area (Å²) in [6.07, 6.45) is 3.31. The molecule has 2 aromatic rings. The van der Waals surface area contributed by atoms with Crippen molar-refractivity contribution in [1.29, 1.82) is 0 Å². The fraction of sp³-hybridized carbons (Fsp3) is 0.545. The fourth-order valence-electron chi connectivity index (χ4n) is 4.43. The molecule has 4 rings (SSSR count). The highest BCUT2D eigenvalue weighted by Gasteiger charge is 2.34. The molecule has 2 aliphatic heterocycles. The summed E-state index contributed by atoms with van der Waals surface area (Å²) in [5.74, 6) is 1.06. The molecule has 2 aliphatic rings. The number of likely N-dealkylation sites (tertiary alicyclic amines) is 1. The quantitative estimate of drug-likeness (QED) is 0.741. The second-order valence-corrected chi connectivity index (χ2v) is 10.3. The second kappa shape index (κ2) is 8.15. The zero-order valence-corrected chi connectivity index (χ0v) is 18.7. The number of aromatic nitrogens is 1. The first-order valence-corrected chi connectivity index (χ1v) is 12.1. The molecule has 0 saturated carbocycles. The van der Waals surface area contributed by atoms with E-state index in [9.17, 15) is 13.2 Å². The summed E-state index contributed by atoms with van der Waals surface area (Å²) in [5.41, 5.74) is 2.21. The van der Waals surface area contributed by atoms with Crippen molar-refractivity contribution in [2.75, 3.05) is 26.2 Å². The number of hydrogen-bond acceptors (Lipinski definition) is 5. The van der Waals surface area contributed by atoms with Gasteiger partial charge in [0.15, 0.2) is 11.6 Å². The predicted molar refractivity (Wildman–Crippen MR) is 113 cm³/mol. The van der Waals surface area contributed by atoms with E-state index in [2.05, 4.69) is 4.98 Å². The molecule has 0 radical (unpaired) electrons. The van der Waals surface area contributed by atoms with Gasteiger partial charge in [0.25, 0.3) is 5.91 Å². The second-order valence-electron chi connectivity index (χ2n) is 8.40. The summed E-state index contributed by atoms with van der Waals surface area (Å²) >= 11 is 0. The molecule has 1 aromatic heterocycles. The van der Waals surface area contributed by atoms with Crippen LogP contribution in [0, 0.1) is 20.8 Å². The molecule has 162 valence electrons. The van der Waals surface area contributed by atoms with E-state index in [1.807, 2.05) is 30.9 Å². The van der Waals surface area contributed by atoms with Gasteiger partial charge in [0, 0.05) is 32.1 Å². The Kier molecular flexibility index (Phi) is 5.72. The van der Waals surface area contributed by atoms with E-state index >= 15 is 0 Å². The van der Waals surface area contributed by atoms with E-state index in [0.29, 0.717) is 48.2 Å². The number of piperidine rings is 1. The molecule has 7 nitrogen and oxygen atoms in total. The molecule has 8 heteroatoms. The van der Waals surface area contributed by atoms with Gasteiger partial charge in [0.05, 0.1) is 4.90 Å². The molecule has 3 heterocycles. The van der Waals surface area contributed by atoms with Crippen LogP contribution < -0.4 is 0 Å². The maximum absolute atomic E-state index is 13.1. The van der Waals surface area contributed by atoms with Gasteiger partial charge in [-0.1, -0.05) is 17.7 Å². The summed E-state index contributed by atoms with van der Waals surface area (Å²) in [5, 5.41) is 0. The van der Waals surface area contributed by atoms with Crippen LogP contribution in [0.2, 0.25) is 0 Å². The van der Waals surface area contributed by atoms with E-state index in [1.165, 1.54) is 0 Å². The van der Waals surface area contributed by atoms with Crippen molar-refractivity contribution in [3.8, 4) is 0 Å². The highest BCUT2D eigenvalue weighted by Crippen LogP contribution is 2.32. The molecule has 1 amide bonds. The number of rotatable bonds is 4. The lowest BCUT2D eigenvalue weighted by molar-refractivity contribution is 0.0786. The first-order valence-electron chi connectivity index (χ1n) is 10.6. The van der Waals surface area contributed by atoms with Gasteiger partial charge in [-0.15, -0.1) is 0 Å². The van der Waals surface area contributed by atoms with E-state index < -0.39 is 10.0 Å². The molecule has 1 aromatic carbocycles. The highest BCUT2D eigenvalue weighted by atomic mass is 32.2. The molecule has 0 bridgehead atoms. The van der Waals surface area contributed by atoms with Crippen LogP contribution in [0.4, 0.5) is 0 Å². The third-order valence-corrected chi connectivity index (χ3v) is 8.22. The number of hydrogen-bond donors (Lipinski definition) is 0. The van der Waals surface area contributed by atoms with Crippen molar-refractivity contribution in [1.82, 2.24) is 14.2 Å². The molecule has 0 unspecified atom stereocenters. The maximum atomic E-state index is 13.1. The number of sulfonamides is 1. The summed E-state index contributed by atoms with van der Waals surface area (Å²) < 4.78 is 33.6. The van der Waals surface area contributed by atoms with Crippen LogP contribution in [-0.4, -0.2) is 54.7 Å². The Bertz CT molecular complexity index is 1050. The SMILES string of the molecule is Cc1ccc(S(=O)(=O)N2CCC(c3nc(C(=O)N4CCCC4)c(C)o3)CC2)c(C)c1. The highest BCUT2D eigenvalue weighted by molar-refractivity contribution is 7.89. The van der Waals surface area contributed by atoms with Gasteiger partial charge in [-0.25, -0.2) is 13.4 Å². The van der Waals surface area contributed by atoms with Gasteiger partial charge in [-0.05, 0) is 58.1 Å². The number of amides is 1. The van der Waals surface area contributed by atoms with Crippen LogP contribution in [0.3, 0.4) is 0 Å². The van der Waals surface area contributed by atoms with Crippen LogP contribution in [0.5, 0.6) is 0 Å². The predicted octanol–water partition coefficient (Wildman–Crippen LogP) is 3.40. The van der Waals surface area contributed by atoms with E-state index in [1.54, 1.807) is 17.3 Å². The van der Waals surface area contributed by atoms with Gasteiger partial charge in [0.1, 0.15) is 5.76 Å².